The van der Waals surface area contributed by atoms with Gasteiger partial charge in [-0.15, -0.1) is 0 Å². The zero-order chi connectivity index (χ0) is 18.2. The fourth-order valence-electron chi connectivity index (χ4n) is 3.44. The summed E-state index contributed by atoms with van der Waals surface area (Å²) >= 11 is 0. The molecule has 25 heavy (non-hydrogen) atoms. The highest BCUT2D eigenvalue weighted by molar-refractivity contribution is 5.93. The number of carboxylic acid groups (broad SMARTS) is 1. The van der Waals surface area contributed by atoms with Crippen molar-refractivity contribution < 1.29 is 19.0 Å². The average Bonchev–Trinajstić information content (AvgIpc) is 2.94. The molecule has 0 bridgehead atoms. The largest absolute Gasteiger partial charge is 0.497 e. The molecule has 0 fully saturated rings. The molecule has 0 spiro atoms. The molecular formula is C21H21FO3. The zero-order valence-electron chi connectivity index (χ0n) is 14.6. The predicted octanol–water partition coefficient (Wildman–Crippen LogP) is 5.40. The van der Waals surface area contributed by atoms with Crippen LogP contribution in [0.4, 0.5) is 4.39 Å². The highest BCUT2D eigenvalue weighted by Gasteiger charge is 2.30. The van der Waals surface area contributed by atoms with Gasteiger partial charge in [0.2, 0.25) is 0 Å². The molecule has 0 radical (unpaired) electrons. The third-order valence-corrected chi connectivity index (χ3v) is 4.87. The molecule has 2 aromatic rings. The van der Waals surface area contributed by atoms with Crippen molar-refractivity contribution in [2.75, 3.05) is 7.11 Å². The van der Waals surface area contributed by atoms with Gasteiger partial charge in [-0.1, -0.05) is 26.0 Å². The summed E-state index contributed by atoms with van der Waals surface area (Å²) in [5.74, 6) is -0.791. The lowest BCUT2D eigenvalue weighted by Crippen LogP contribution is -2.11. The summed E-state index contributed by atoms with van der Waals surface area (Å²) in [6.45, 7) is 4.26. The molecule has 130 valence electrons. The van der Waals surface area contributed by atoms with Gasteiger partial charge in [0, 0.05) is 5.56 Å². The molecule has 0 aliphatic heterocycles. The topological polar surface area (TPSA) is 46.5 Å². The first-order valence-electron chi connectivity index (χ1n) is 8.26. The van der Waals surface area contributed by atoms with Gasteiger partial charge in [-0.3, -0.25) is 0 Å². The average molecular weight is 340 g/mol. The Balaban J connectivity index is 2.26. The number of methoxy groups -OCH3 is 1. The lowest BCUT2D eigenvalue weighted by Gasteiger charge is -2.25. The number of carboxylic acids is 1. The van der Waals surface area contributed by atoms with Crippen LogP contribution in [0.5, 0.6) is 5.75 Å². The molecule has 1 N–H and O–H groups in total. The molecule has 0 atom stereocenters. The Labute approximate surface area is 146 Å². The zero-order valence-corrected chi connectivity index (χ0v) is 14.6. The first kappa shape index (κ1) is 17.2. The minimum absolute atomic E-state index is 0.0821. The smallest absolute Gasteiger partial charge is 0.335 e. The molecule has 4 heteroatoms. The molecular weight excluding hydrogens is 319 g/mol. The van der Waals surface area contributed by atoms with Gasteiger partial charge in [0.1, 0.15) is 11.6 Å². The third-order valence-electron chi connectivity index (χ3n) is 4.87. The van der Waals surface area contributed by atoms with Crippen LogP contribution in [0.1, 0.15) is 42.6 Å². The van der Waals surface area contributed by atoms with Gasteiger partial charge in [0.25, 0.3) is 0 Å². The molecule has 0 unspecified atom stereocenters. The number of rotatable bonds is 4. The van der Waals surface area contributed by atoms with E-state index in [4.69, 9.17) is 4.74 Å². The summed E-state index contributed by atoms with van der Waals surface area (Å²) in [7, 11) is 1.54. The van der Waals surface area contributed by atoms with Crippen molar-refractivity contribution in [2.45, 2.75) is 26.7 Å². The number of hydrogen-bond donors (Lipinski definition) is 1. The molecule has 1 aliphatic carbocycles. The highest BCUT2D eigenvalue weighted by atomic mass is 19.1. The van der Waals surface area contributed by atoms with Crippen molar-refractivity contribution in [2.24, 2.45) is 5.41 Å². The van der Waals surface area contributed by atoms with E-state index in [2.05, 4.69) is 19.9 Å². The molecule has 0 amide bonds. The summed E-state index contributed by atoms with van der Waals surface area (Å²) in [5, 5.41) is 9.37. The van der Waals surface area contributed by atoms with Crippen LogP contribution in [-0.2, 0) is 0 Å². The molecule has 0 saturated heterocycles. The Hall–Kier alpha value is -2.62. The minimum Gasteiger partial charge on any atom is -0.497 e. The van der Waals surface area contributed by atoms with Crippen LogP contribution in [-0.4, -0.2) is 18.2 Å². The second-order valence-corrected chi connectivity index (χ2v) is 6.95. The highest BCUT2D eigenvalue weighted by Crippen LogP contribution is 2.47. The standard InChI is InChI=1S/C21H21FO3/c1-21(2)10-4-5-18(21)16-11-13(20(23)24)6-8-15(16)17-12-14(25-3)7-9-19(17)22/h5-9,11-12H,4,10H2,1-3H3,(H,23,24). The van der Waals surface area contributed by atoms with E-state index < -0.39 is 5.97 Å². The van der Waals surface area contributed by atoms with E-state index in [-0.39, 0.29) is 16.8 Å². The van der Waals surface area contributed by atoms with Gasteiger partial charge in [-0.25, -0.2) is 9.18 Å². The number of benzene rings is 2. The van der Waals surface area contributed by atoms with E-state index >= 15 is 0 Å². The van der Waals surface area contributed by atoms with Crippen molar-refractivity contribution in [3.8, 4) is 16.9 Å². The molecule has 0 aromatic heterocycles. The Kier molecular flexibility index (Phi) is 4.38. The molecule has 3 nitrogen and oxygen atoms in total. The van der Waals surface area contributed by atoms with E-state index in [1.165, 1.54) is 19.2 Å². The first-order chi connectivity index (χ1) is 11.8. The van der Waals surface area contributed by atoms with E-state index in [0.29, 0.717) is 16.9 Å². The van der Waals surface area contributed by atoms with Crippen molar-refractivity contribution >= 4 is 11.5 Å². The number of halogens is 1. The summed E-state index contributed by atoms with van der Waals surface area (Å²) in [6, 6.07) is 9.45. The van der Waals surface area contributed by atoms with Crippen LogP contribution in [0.15, 0.2) is 42.5 Å². The van der Waals surface area contributed by atoms with Crippen LogP contribution in [0.25, 0.3) is 16.7 Å². The van der Waals surface area contributed by atoms with Gasteiger partial charge < -0.3 is 9.84 Å². The maximum atomic E-state index is 14.5. The van der Waals surface area contributed by atoms with Gasteiger partial charge >= 0.3 is 5.97 Å². The number of carbonyl (C=O) groups is 1. The summed E-state index contributed by atoms with van der Waals surface area (Å²) in [6.07, 6.45) is 4.04. The van der Waals surface area contributed by atoms with E-state index in [1.807, 2.05) is 0 Å². The van der Waals surface area contributed by atoms with Crippen molar-refractivity contribution in [3.63, 3.8) is 0 Å². The van der Waals surface area contributed by atoms with Crippen LogP contribution < -0.4 is 4.74 Å². The monoisotopic (exact) mass is 340 g/mol. The van der Waals surface area contributed by atoms with Crippen LogP contribution in [0.3, 0.4) is 0 Å². The van der Waals surface area contributed by atoms with E-state index in [0.717, 1.165) is 24.0 Å². The summed E-state index contributed by atoms with van der Waals surface area (Å²) < 4.78 is 19.7. The van der Waals surface area contributed by atoms with Gasteiger partial charge in [-0.2, -0.15) is 0 Å². The SMILES string of the molecule is COc1ccc(F)c(-c2ccc(C(=O)O)cc2C2=CCCC2(C)C)c1. The molecule has 0 saturated carbocycles. The number of allylic oxidation sites excluding steroid dienone is 2. The Morgan fingerprint density at radius 1 is 1.12 bits per heavy atom. The number of hydrogen-bond acceptors (Lipinski definition) is 2. The van der Waals surface area contributed by atoms with Crippen LogP contribution >= 0.6 is 0 Å². The third kappa shape index (κ3) is 3.16. The second kappa shape index (κ2) is 6.36. The van der Waals surface area contributed by atoms with Crippen LogP contribution in [0.2, 0.25) is 0 Å². The second-order valence-electron chi connectivity index (χ2n) is 6.95. The summed E-state index contributed by atoms with van der Waals surface area (Å²) in [5.41, 5.74) is 3.05. The van der Waals surface area contributed by atoms with Crippen molar-refractivity contribution in [1.82, 2.24) is 0 Å². The van der Waals surface area contributed by atoms with Gasteiger partial charge in [0.15, 0.2) is 0 Å². The Bertz CT molecular complexity index is 865. The maximum Gasteiger partial charge on any atom is 0.335 e. The van der Waals surface area contributed by atoms with Crippen molar-refractivity contribution in [3.05, 3.63) is 59.4 Å². The normalized spacial score (nSPS) is 15.8. The Morgan fingerprint density at radius 3 is 2.48 bits per heavy atom. The number of aromatic carboxylic acids is 1. The fraction of sp³-hybridized carbons (Fsp3) is 0.286. The fourth-order valence-corrected chi connectivity index (χ4v) is 3.44. The molecule has 1 aliphatic rings. The van der Waals surface area contributed by atoms with Crippen LogP contribution in [0, 0.1) is 11.2 Å². The maximum absolute atomic E-state index is 14.5. The molecule has 0 heterocycles. The minimum atomic E-state index is -0.990. The quantitative estimate of drug-likeness (QED) is 0.810. The van der Waals surface area contributed by atoms with Gasteiger partial charge in [-0.05, 0) is 65.3 Å². The lowest BCUT2D eigenvalue weighted by atomic mass is 9.79. The van der Waals surface area contributed by atoms with E-state index in [1.54, 1.807) is 24.3 Å². The predicted molar refractivity (Wildman–Crippen MR) is 96.3 cm³/mol. The van der Waals surface area contributed by atoms with Gasteiger partial charge in [0.05, 0.1) is 12.7 Å². The molecule has 2 aromatic carbocycles. The van der Waals surface area contributed by atoms with E-state index in [9.17, 15) is 14.3 Å². The lowest BCUT2D eigenvalue weighted by molar-refractivity contribution is 0.0697. The first-order valence-corrected chi connectivity index (χ1v) is 8.26. The Morgan fingerprint density at radius 2 is 1.88 bits per heavy atom. The summed E-state index contributed by atoms with van der Waals surface area (Å²) in [4.78, 5) is 11.4. The molecule has 3 rings (SSSR count). The van der Waals surface area contributed by atoms with Crippen molar-refractivity contribution in [1.29, 1.82) is 0 Å². The number of ether oxygens (including phenoxy) is 1.